The highest BCUT2D eigenvalue weighted by Gasteiger charge is 2.06. The van der Waals surface area contributed by atoms with Gasteiger partial charge in [0, 0.05) is 10.0 Å². The first-order chi connectivity index (χ1) is 12.9. The predicted octanol–water partition coefficient (Wildman–Crippen LogP) is 5.46. The lowest BCUT2D eigenvalue weighted by Crippen LogP contribution is -2.09. The minimum Gasteiger partial charge on any atom is -0.468 e. The van der Waals surface area contributed by atoms with Crippen LogP contribution in [-0.2, 0) is 4.74 Å². The first-order valence-corrected chi connectivity index (χ1v) is 9.54. The standard InChI is InChI=1S/C14H15BrO.C8H10O3/c1-11(9-13-6-7-16-10-13)8-12-2-4-14(15)5-3-12;1-5-4-11-8(10-3)6(2)7(5)9/h2-5,8-9H,6-7,10H2,1H3;4H,1-3H3/b11-8+,13-9-;. The van der Waals surface area contributed by atoms with Gasteiger partial charge in [-0.2, -0.15) is 0 Å². The largest absolute Gasteiger partial charge is 0.468 e. The van der Waals surface area contributed by atoms with Gasteiger partial charge < -0.3 is 13.9 Å². The summed E-state index contributed by atoms with van der Waals surface area (Å²) < 4.78 is 16.2. The molecule has 0 saturated carbocycles. The number of allylic oxidation sites excluding steroid dienone is 2. The molecule has 2 aromatic rings. The Morgan fingerprint density at radius 1 is 1.22 bits per heavy atom. The van der Waals surface area contributed by atoms with Crippen LogP contribution in [0.3, 0.4) is 0 Å². The fourth-order valence-electron chi connectivity index (χ4n) is 2.65. The van der Waals surface area contributed by atoms with Crippen LogP contribution in [0.25, 0.3) is 6.08 Å². The van der Waals surface area contributed by atoms with Gasteiger partial charge in [0.05, 0.1) is 25.9 Å². The van der Waals surface area contributed by atoms with E-state index in [9.17, 15) is 4.79 Å². The molecule has 27 heavy (non-hydrogen) atoms. The summed E-state index contributed by atoms with van der Waals surface area (Å²) in [5.74, 6) is 0.292. The summed E-state index contributed by atoms with van der Waals surface area (Å²) in [4.78, 5) is 11.2. The highest BCUT2D eigenvalue weighted by molar-refractivity contribution is 9.10. The molecule has 0 amide bonds. The fraction of sp³-hybridized carbons (Fsp3) is 0.318. The minimum atomic E-state index is -0.0203. The van der Waals surface area contributed by atoms with Gasteiger partial charge >= 0.3 is 0 Å². The van der Waals surface area contributed by atoms with Crippen molar-refractivity contribution >= 4 is 22.0 Å². The summed E-state index contributed by atoms with van der Waals surface area (Å²) in [5, 5.41) is 0. The minimum absolute atomic E-state index is 0.0203. The Labute approximate surface area is 168 Å². The number of halogens is 1. The van der Waals surface area contributed by atoms with Crippen LogP contribution in [0.1, 0.15) is 30.0 Å². The molecular formula is C22H25BrO4. The van der Waals surface area contributed by atoms with Gasteiger partial charge in [-0.25, -0.2) is 0 Å². The van der Waals surface area contributed by atoms with E-state index < -0.39 is 0 Å². The molecule has 5 heteroatoms. The van der Waals surface area contributed by atoms with E-state index in [1.54, 1.807) is 13.8 Å². The second kappa shape index (κ2) is 10.3. The summed E-state index contributed by atoms with van der Waals surface area (Å²) in [5.41, 5.74) is 5.01. The summed E-state index contributed by atoms with van der Waals surface area (Å²) in [6, 6.07) is 8.34. The van der Waals surface area contributed by atoms with Crippen molar-refractivity contribution in [3.63, 3.8) is 0 Å². The van der Waals surface area contributed by atoms with Crippen molar-refractivity contribution in [1.82, 2.24) is 0 Å². The highest BCUT2D eigenvalue weighted by atomic mass is 79.9. The van der Waals surface area contributed by atoms with Crippen LogP contribution < -0.4 is 10.2 Å². The molecule has 4 nitrogen and oxygen atoms in total. The molecule has 3 rings (SSSR count). The van der Waals surface area contributed by atoms with Crippen molar-refractivity contribution in [1.29, 1.82) is 0 Å². The van der Waals surface area contributed by atoms with E-state index in [0.29, 0.717) is 17.1 Å². The van der Waals surface area contributed by atoms with Crippen LogP contribution in [0.15, 0.2) is 61.4 Å². The van der Waals surface area contributed by atoms with Gasteiger partial charge in [0.25, 0.3) is 5.95 Å². The quantitative estimate of drug-likeness (QED) is 0.645. The topological polar surface area (TPSA) is 48.7 Å². The monoisotopic (exact) mass is 432 g/mol. The molecular weight excluding hydrogens is 408 g/mol. The molecule has 0 unspecified atom stereocenters. The zero-order valence-corrected chi connectivity index (χ0v) is 17.8. The van der Waals surface area contributed by atoms with E-state index in [1.807, 2.05) is 0 Å². The third-order valence-electron chi connectivity index (χ3n) is 4.08. The van der Waals surface area contributed by atoms with E-state index in [2.05, 4.69) is 59.3 Å². The average molecular weight is 433 g/mol. The van der Waals surface area contributed by atoms with Crippen LogP contribution in [0.2, 0.25) is 0 Å². The summed E-state index contributed by atoms with van der Waals surface area (Å²) in [7, 11) is 1.47. The Bertz CT molecular complexity index is 868. The maximum absolute atomic E-state index is 11.2. The highest BCUT2D eigenvalue weighted by Crippen LogP contribution is 2.17. The number of benzene rings is 1. The Hall–Kier alpha value is -2.11. The number of hydrogen-bond donors (Lipinski definition) is 0. The SMILES string of the molecule is CC(/C=C1/CCOC1)=C\c1ccc(Br)cc1.COc1occ(C)c(=O)c1C. The molecule has 0 spiro atoms. The molecule has 144 valence electrons. The van der Waals surface area contributed by atoms with Crippen molar-refractivity contribution in [2.75, 3.05) is 20.3 Å². The molecule has 0 N–H and O–H groups in total. The molecule has 0 radical (unpaired) electrons. The number of aryl methyl sites for hydroxylation is 1. The first-order valence-electron chi connectivity index (χ1n) is 8.74. The summed E-state index contributed by atoms with van der Waals surface area (Å²) in [6.07, 6.45) is 6.90. The zero-order valence-electron chi connectivity index (χ0n) is 16.2. The second-order valence-electron chi connectivity index (χ2n) is 6.41. The molecule has 1 aromatic heterocycles. The maximum atomic E-state index is 11.2. The Morgan fingerprint density at radius 3 is 2.52 bits per heavy atom. The van der Waals surface area contributed by atoms with E-state index in [-0.39, 0.29) is 5.43 Å². The van der Waals surface area contributed by atoms with Crippen molar-refractivity contribution in [3.8, 4) is 5.95 Å². The van der Waals surface area contributed by atoms with Crippen LogP contribution in [-0.4, -0.2) is 20.3 Å². The van der Waals surface area contributed by atoms with Crippen LogP contribution in [0.5, 0.6) is 5.95 Å². The average Bonchev–Trinajstić information content (AvgIpc) is 3.15. The smallest absolute Gasteiger partial charge is 0.290 e. The van der Waals surface area contributed by atoms with E-state index >= 15 is 0 Å². The molecule has 0 atom stereocenters. The molecule has 1 fully saturated rings. The molecule has 1 aromatic carbocycles. The van der Waals surface area contributed by atoms with Gasteiger partial charge in [0.2, 0.25) is 0 Å². The van der Waals surface area contributed by atoms with Gasteiger partial charge in [-0.3, -0.25) is 4.79 Å². The fourth-order valence-corrected chi connectivity index (χ4v) is 2.92. The van der Waals surface area contributed by atoms with Crippen molar-refractivity contribution < 1.29 is 13.9 Å². The van der Waals surface area contributed by atoms with Gasteiger partial charge in [0.1, 0.15) is 6.26 Å². The van der Waals surface area contributed by atoms with Gasteiger partial charge in [-0.1, -0.05) is 45.8 Å². The molecule has 1 aliphatic rings. The van der Waals surface area contributed by atoms with Crippen LogP contribution in [0.4, 0.5) is 0 Å². The summed E-state index contributed by atoms with van der Waals surface area (Å²) >= 11 is 3.43. The molecule has 0 aliphatic carbocycles. The Morgan fingerprint density at radius 2 is 1.93 bits per heavy atom. The Kier molecular flexibility index (Phi) is 8.07. The second-order valence-corrected chi connectivity index (χ2v) is 7.33. The van der Waals surface area contributed by atoms with Crippen LogP contribution >= 0.6 is 15.9 Å². The van der Waals surface area contributed by atoms with Crippen molar-refractivity contribution in [2.45, 2.75) is 27.2 Å². The third kappa shape index (κ3) is 6.52. The lowest BCUT2D eigenvalue weighted by atomic mass is 10.1. The van der Waals surface area contributed by atoms with Gasteiger partial charge in [0.15, 0.2) is 5.43 Å². The zero-order chi connectivity index (χ0) is 19.8. The predicted molar refractivity (Wildman–Crippen MR) is 112 cm³/mol. The lowest BCUT2D eigenvalue weighted by Gasteiger charge is -2.00. The number of hydrogen-bond acceptors (Lipinski definition) is 4. The van der Waals surface area contributed by atoms with Crippen molar-refractivity contribution in [3.05, 3.63) is 79.1 Å². The third-order valence-corrected chi connectivity index (χ3v) is 4.61. The Balaban J connectivity index is 0.000000208. The van der Waals surface area contributed by atoms with Crippen molar-refractivity contribution in [2.24, 2.45) is 0 Å². The lowest BCUT2D eigenvalue weighted by molar-refractivity contribution is 0.204. The number of rotatable bonds is 3. The molecule has 1 aliphatic heterocycles. The van der Waals surface area contributed by atoms with Gasteiger partial charge in [-0.15, -0.1) is 0 Å². The molecule has 0 bridgehead atoms. The number of ether oxygens (including phenoxy) is 2. The molecule has 1 saturated heterocycles. The van der Waals surface area contributed by atoms with E-state index in [4.69, 9.17) is 13.9 Å². The normalized spacial score (nSPS) is 15.4. The van der Waals surface area contributed by atoms with E-state index in [0.717, 1.165) is 24.1 Å². The van der Waals surface area contributed by atoms with Crippen LogP contribution in [0, 0.1) is 13.8 Å². The van der Waals surface area contributed by atoms with E-state index in [1.165, 1.54) is 30.1 Å². The maximum Gasteiger partial charge on any atom is 0.290 e. The number of methoxy groups -OCH3 is 1. The van der Waals surface area contributed by atoms with Gasteiger partial charge in [-0.05, 0) is 50.5 Å². The summed E-state index contributed by atoms with van der Waals surface area (Å²) in [6.45, 7) is 7.19. The first kappa shape index (κ1) is 21.2. The molecule has 2 heterocycles.